The second kappa shape index (κ2) is 4.50. The number of aromatic hydroxyl groups is 1. The molecule has 6 heteroatoms. The van der Waals surface area contributed by atoms with Gasteiger partial charge in [-0.1, -0.05) is 17.8 Å². The molecule has 2 aromatic heterocycles. The number of nitrogens with zero attached hydrogens (tertiary/aromatic N) is 2. The van der Waals surface area contributed by atoms with Gasteiger partial charge in [0.1, 0.15) is 5.82 Å². The van der Waals surface area contributed by atoms with Crippen LogP contribution in [-0.4, -0.2) is 15.1 Å². The van der Waals surface area contributed by atoms with Crippen LogP contribution in [0.1, 0.15) is 4.88 Å². The normalized spacial score (nSPS) is 10.4. The highest BCUT2D eigenvalue weighted by Gasteiger charge is 2.03. The van der Waals surface area contributed by atoms with E-state index in [1.807, 2.05) is 17.5 Å². The van der Waals surface area contributed by atoms with E-state index in [0.717, 1.165) is 5.75 Å². The van der Waals surface area contributed by atoms with Gasteiger partial charge in [-0.25, -0.2) is 4.98 Å². The molecule has 15 heavy (non-hydrogen) atoms. The SMILES string of the molecule is Nc1cc(O)nc(SCc2cccs2)n1. The predicted octanol–water partition coefficient (Wildman–Crippen LogP) is 2.12. The number of nitrogen functional groups attached to an aromatic ring is 1. The van der Waals surface area contributed by atoms with Gasteiger partial charge >= 0.3 is 0 Å². The van der Waals surface area contributed by atoms with Crippen LogP contribution in [0.4, 0.5) is 5.82 Å². The molecule has 2 rings (SSSR count). The topological polar surface area (TPSA) is 72.0 Å². The number of thiophene rings is 1. The molecule has 4 nitrogen and oxygen atoms in total. The molecule has 0 bridgehead atoms. The number of hydrogen-bond acceptors (Lipinski definition) is 6. The van der Waals surface area contributed by atoms with Crippen molar-refractivity contribution < 1.29 is 5.11 Å². The first kappa shape index (κ1) is 10.3. The van der Waals surface area contributed by atoms with E-state index in [9.17, 15) is 5.11 Å². The number of nitrogens with two attached hydrogens (primary N) is 1. The molecule has 0 aliphatic rings. The Hall–Kier alpha value is -1.27. The fraction of sp³-hybridized carbons (Fsp3) is 0.111. The molecule has 3 N–H and O–H groups in total. The van der Waals surface area contributed by atoms with E-state index in [0.29, 0.717) is 5.16 Å². The minimum atomic E-state index is -0.0869. The highest BCUT2D eigenvalue weighted by molar-refractivity contribution is 7.98. The van der Waals surface area contributed by atoms with Crippen molar-refractivity contribution in [1.82, 2.24) is 9.97 Å². The zero-order valence-electron chi connectivity index (χ0n) is 7.75. The highest BCUT2D eigenvalue weighted by atomic mass is 32.2. The standard InChI is InChI=1S/C9H9N3OS2/c10-7-4-8(13)12-9(11-7)15-5-6-2-1-3-14-6/h1-4H,5H2,(H3,10,11,12,13). The van der Waals surface area contributed by atoms with Crippen molar-refractivity contribution in [2.45, 2.75) is 10.9 Å². The first-order valence-corrected chi connectivity index (χ1v) is 6.09. The third-order valence-corrected chi connectivity index (χ3v) is 3.59. The first-order valence-electron chi connectivity index (χ1n) is 4.23. The van der Waals surface area contributed by atoms with Gasteiger partial charge in [0.25, 0.3) is 0 Å². The third kappa shape index (κ3) is 2.84. The molecule has 0 saturated heterocycles. The van der Waals surface area contributed by atoms with Gasteiger partial charge in [-0.05, 0) is 11.4 Å². The molecule has 0 atom stereocenters. The molecule has 2 heterocycles. The molecule has 2 aromatic rings. The smallest absolute Gasteiger partial charge is 0.216 e. The lowest BCUT2D eigenvalue weighted by molar-refractivity contribution is 0.446. The van der Waals surface area contributed by atoms with Crippen molar-refractivity contribution in [1.29, 1.82) is 0 Å². The van der Waals surface area contributed by atoms with Crippen molar-refractivity contribution in [3.63, 3.8) is 0 Å². The second-order valence-electron chi connectivity index (χ2n) is 2.80. The Morgan fingerprint density at radius 3 is 3.00 bits per heavy atom. The second-order valence-corrected chi connectivity index (χ2v) is 4.78. The monoisotopic (exact) mass is 239 g/mol. The molecule has 0 aliphatic heterocycles. The van der Waals surface area contributed by atoms with E-state index in [1.54, 1.807) is 11.3 Å². The lowest BCUT2D eigenvalue weighted by atomic mass is 10.5. The van der Waals surface area contributed by atoms with E-state index in [4.69, 9.17) is 5.73 Å². The van der Waals surface area contributed by atoms with Crippen LogP contribution in [0.3, 0.4) is 0 Å². The van der Waals surface area contributed by atoms with Gasteiger partial charge in [0.2, 0.25) is 5.88 Å². The molecule has 0 fully saturated rings. The van der Waals surface area contributed by atoms with Crippen LogP contribution in [0.15, 0.2) is 28.7 Å². The summed E-state index contributed by atoms with van der Waals surface area (Å²) in [6, 6.07) is 5.37. The van der Waals surface area contributed by atoms with Gasteiger partial charge in [0.15, 0.2) is 5.16 Å². The largest absolute Gasteiger partial charge is 0.493 e. The average Bonchev–Trinajstić information content (AvgIpc) is 2.65. The molecule has 0 spiro atoms. The molecular formula is C9H9N3OS2. The third-order valence-electron chi connectivity index (χ3n) is 1.64. The summed E-state index contributed by atoms with van der Waals surface area (Å²) in [7, 11) is 0. The number of rotatable bonds is 3. The summed E-state index contributed by atoms with van der Waals surface area (Å²) in [5.41, 5.74) is 5.49. The molecular weight excluding hydrogens is 230 g/mol. The van der Waals surface area contributed by atoms with Gasteiger partial charge in [0.05, 0.1) is 0 Å². The van der Waals surface area contributed by atoms with E-state index >= 15 is 0 Å². The fourth-order valence-corrected chi connectivity index (χ4v) is 2.66. The van der Waals surface area contributed by atoms with Gasteiger partial charge in [-0.2, -0.15) is 4.98 Å². The summed E-state index contributed by atoms with van der Waals surface area (Å²) >= 11 is 3.14. The maximum atomic E-state index is 9.21. The van der Waals surface area contributed by atoms with E-state index in [2.05, 4.69) is 9.97 Å². The van der Waals surface area contributed by atoms with Crippen LogP contribution in [0.25, 0.3) is 0 Å². The molecule has 0 aliphatic carbocycles. The zero-order valence-corrected chi connectivity index (χ0v) is 9.38. The molecule has 0 saturated carbocycles. The number of thioether (sulfide) groups is 1. The maximum Gasteiger partial charge on any atom is 0.216 e. The molecule has 0 amide bonds. The van der Waals surface area contributed by atoms with Crippen molar-refractivity contribution in [2.24, 2.45) is 0 Å². The average molecular weight is 239 g/mol. The van der Waals surface area contributed by atoms with Gasteiger partial charge in [0, 0.05) is 16.7 Å². The number of anilines is 1. The van der Waals surface area contributed by atoms with Crippen LogP contribution in [-0.2, 0) is 5.75 Å². The van der Waals surface area contributed by atoms with Crippen molar-refractivity contribution in [2.75, 3.05) is 5.73 Å². The Morgan fingerprint density at radius 1 is 1.47 bits per heavy atom. The summed E-state index contributed by atoms with van der Waals surface area (Å²) in [4.78, 5) is 9.11. The Morgan fingerprint density at radius 2 is 2.33 bits per heavy atom. The maximum absolute atomic E-state index is 9.21. The summed E-state index contributed by atoms with van der Waals surface area (Å²) in [6.45, 7) is 0. The Kier molecular flexibility index (Phi) is 3.08. The number of aromatic nitrogens is 2. The van der Waals surface area contributed by atoms with E-state index in [1.165, 1.54) is 22.7 Å². The van der Waals surface area contributed by atoms with Crippen molar-refractivity contribution in [3.8, 4) is 5.88 Å². The minimum absolute atomic E-state index is 0.0869. The van der Waals surface area contributed by atoms with Crippen LogP contribution in [0, 0.1) is 0 Å². The van der Waals surface area contributed by atoms with Crippen molar-refractivity contribution >= 4 is 28.9 Å². The predicted molar refractivity (Wildman–Crippen MR) is 62.0 cm³/mol. The zero-order chi connectivity index (χ0) is 10.7. The van der Waals surface area contributed by atoms with Gasteiger partial charge < -0.3 is 10.8 Å². The summed E-state index contributed by atoms with van der Waals surface area (Å²) in [5, 5.41) is 11.7. The molecule has 0 unspecified atom stereocenters. The van der Waals surface area contributed by atoms with Gasteiger partial charge in [-0.15, -0.1) is 11.3 Å². The number of hydrogen-bond donors (Lipinski definition) is 2. The summed E-state index contributed by atoms with van der Waals surface area (Å²) in [6.07, 6.45) is 0. The lowest BCUT2D eigenvalue weighted by Crippen LogP contribution is -1.94. The van der Waals surface area contributed by atoms with E-state index in [-0.39, 0.29) is 11.7 Å². The van der Waals surface area contributed by atoms with Crippen LogP contribution >= 0.6 is 23.1 Å². The highest BCUT2D eigenvalue weighted by Crippen LogP contribution is 2.24. The van der Waals surface area contributed by atoms with Crippen LogP contribution < -0.4 is 5.73 Å². The first-order chi connectivity index (χ1) is 7.24. The van der Waals surface area contributed by atoms with Crippen molar-refractivity contribution in [3.05, 3.63) is 28.5 Å². The fourth-order valence-electron chi connectivity index (χ4n) is 1.03. The lowest BCUT2D eigenvalue weighted by Gasteiger charge is -2.00. The molecule has 0 aromatic carbocycles. The van der Waals surface area contributed by atoms with Crippen LogP contribution in [0.2, 0.25) is 0 Å². The summed E-state index contributed by atoms with van der Waals surface area (Å²) in [5.74, 6) is 0.993. The Bertz CT molecular complexity index is 424. The van der Waals surface area contributed by atoms with Crippen LogP contribution in [0.5, 0.6) is 5.88 Å². The van der Waals surface area contributed by atoms with E-state index < -0.39 is 0 Å². The minimum Gasteiger partial charge on any atom is -0.493 e. The Balaban J connectivity index is 2.05. The summed E-state index contributed by atoms with van der Waals surface area (Å²) < 4.78 is 0. The Labute approximate surface area is 95.2 Å². The quantitative estimate of drug-likeness (QED) is 0.634. The van der Waals surface area contributed by atoms with Gasteiger partial charge in [-0.3, -0.25) is 0 Å². The molecule has 78 valence electrons. The molecule has 0 radical (unpaired) electrons.